The standard InChI is InChI=1S/C35H58BN2OS/c1-32(2,3)37-31(27-15-13-16-27)35(8,22-11-12-23-36-39-33(4,5)34(6,7)40)28-20-24-38(25-21-28)30-19-18-26-14-9-10-17-29(26)30/h9-10,14,17,28,30,37,40H,11-13,15-16,18-25H2,1-8H3. The lowest BCUT2D eigenvalue weighted by Crippen LogP contribution is -2.48. The number of aryl methyl sites for hydroxylation is 1. The second-order valence-electron chi connectivity index (χ2n) is 15.3. The van der Waals surface area contributed by atoms with Crippen LogP contribution in [0.5, 0.6) is 0 Å². The third-order valence-electron chi connectivity index (χ3n) is 10.5. The molecule has 4 rings (SSSR count). The number of piperidine rings is 1. The Balaban J connectivity index is 1.42. The van der Waals surface area contributed by atoms with E-state index in [9.17, 15) is 0 Å². The molecule has 40 heavy (non-hydrogen) atoms. The van der Waals surface area contributed by atoms with Crippen molar-refractivity contribution < 1.29 is 4.65 Å². The first-order valence-electron chi connectivity index (χ1n) is 16.3. The van der Waals surface area contributed by atoms with E-state index < -0.39 is 0 Å². The van der Waals surface area contributed by atoms with Crippen molar-refractivity contribution in [2.75, 3.05) is 13.1 Å². The summed E-state index contributed by atoms with van der Waals surface area (Å²) in [6.45, 7) is 20.6. The Morgan fingerprint density at radius 1 is 0.950 bits per heavy atom. The summed E-state index contributed by atoms with van der Waals surface area (Å²) in [5.74, 6) is 0.725. The van der Waals surface area contributed by atoms with Crippen LogP contribution in [0, 0.1) is 11.3 Å². The molecule has 1 saturated heterocycles. The Bertz CT molecular complexity index is 1010. The topological polar surface area (TPSA) is 24.5 Å². The van der Waals surface area contributed by atoms with Crippen LogP contribution < -0.4 is 5.32 Å². The smallest absolute Gasteiger partial charge is 0.293 e. The molecule has 2 aliphatic carbocycles. The molecule has 2 fully saturated rings. The average Bonchev–Trinajstić information content (AvgIpc) is 3.27. The molecule has 2 atom stereocenters. The molecule has 3 aliphatic rings. The van der Waals surface area contributed by atoms with Crippen LogP contribution in [0.3, 0.4) is 0 Å². The van der Waals surface area contributed by atoms with E-state index in [2.05, 4.69) is 89.9 Å². The van der Waals surface area contributed by atoms with Crippen LogP contribution in [0.2, 0.25) is 6.32 Å². The molecule has 5 heteroatoms. The fraction of sp³-hybridized carbons (Fsp3) is 0.771. The summed E-state index contributed by atoms with van der Waals surface area (Å²) in [6.07, 6.45) is 13.7. The van der Waals surface area contributed by atoms with Gasteiger partial charge in [-0.05, 0) is 130 Å². The van der Waals surface area contributed by atoms with E-state index >= 15 is 0 Å². The number of thiol groups is 1. The molecular weight excluding hydrogens is 507 g/mol. The van der Waals surface area contributed by atoms with Crippen molar-refractivity contribution in [3.8, 4) is 0 Å². The molecule has 1 radical (unpaired) electrons. The maximum Gasteiger partial charge on any atom is 0.293 e. The van der Waals surface area contributed by atoms with E-state index in [1.807, 2.05) is 7.48 Å². The number of benzene rings is 1. The van der Waals surface area contributed by atoms with Gasteiger partial charge in [-0.3, -0.25) is 4.90 Å². The van der Waals surface area contributed by atoms with E-state index in [1.165, 1.54) is 77.3 Å². The summed E-state index contributed by atoms with van der Waals surface area (Å²) in [6, 6.07) is 9.80. The molecule has 0 aromatic heterocycles. The lowest BCUT2D eigenvalue weighted by Gasteiger charge is -2.49. The molecule has 2 unspecified atom stereocenters. The van der Waals surface area contributed by atoms with Gasteiger partial charge in [-0.25, -0.2) is 0 Å². The predicted molar refractivity (Wildman–Crippen MR) is 176 cm³/mol. The minimum absolute atomic E-state index is 0.0836. The molecule has 1 saturated carbocycles. The number of nitrogens with one attached hydrogen (secondary N) is 1. The number of hydrogen-bond donors (Lipinski definition) is 2. The molecule has 223 valence electrons. The van der Waals surface area contributed by atoms with Crippen LogP contribution in [-0.4, -0.2) is 41.4 Å². The van der Waals surface area contributed by atoms with E-state index in [0.29, 0.717) is 6.04 Å². The highest BCUT2D eigenvalue weighted by Crippen LogP contribution is 2.50. The van der Waals surface area contributed by atoms with Crippen molar-refractivity contribution in [2.45, 2.75) is 148 Å². The first kappa shape index (κ1) is 32.0. The zero-order chi connectivity index (χ0) is 29.2. The molecule has 1 aliphatic heterocycles. The van der Waals surface area contributed by atoms with Crippen molar-refractivity contribution in [3.05, 3.63) is 46.7 Å². The van der Waals surface area contributed by atoms with Crippen LogP contribution in [0.25, 0.3) is 0 Å². The summed E-state index contributed by atoms with van der Waals surface area (Å²) in [7, 11) is 2.05. The van der Waals surface area contributed by atoms with Crippen molar-refractivity contribution in [3.63, 3.8) is 0 Å². The highest BCUT2D eigenvalue weighted by atomic mass is 32.1. The Hall–Kier alpha value is -0.905. The SMILES string of the molecule is CC(C)(C)NC(=C1CCC1)C(C)(CCCC[B]OC(C)(C)C(C)(C)S)C1CCN(C2CCc3ccccc32)CC1. The van der Waals surface area contributed by atoms with E-state index in [0.717, 1.165) is 12.2 Å². The molecule has 1 N–H and O–H groups in total. The van der Waals surface area contributed by atoms with Gasteiger partial charge in [0, 0.05) is 27.4 Å². The minimum atomic E-state index is -0.281. The molecule has 0 spiro atoms. The monoisotopic (exact) mass is 565 g/mol. The third kappa shape index (κ3) is 7.53. The predicted octanol–water partition coefficient (Wildman–Crippen LogP) is 8.93. The summed E-state index contributed by atoms with van der Waals surface area (Å²) >= 11 is 4.75. The number of allylic oxidation sites excluding steroid dienone is 2. The van der Waals surface area contributed by atoms with Crippen molar-refractivity contribution >= 4 is 20.1 Å². The highest BCUT2D eigenvalue weighted by Gasteiger charge is 2.43. The molecule has 1 heterocycles. The number of hydrogen-bond acceptors (Lipinski definition) is 4. The van der Waals surface area contributed by atoms with E-state index in [-0.39, 0.29) is 21.3 Å². The fourth-order valence-electron chi connectivity index (χ4n) is 7.04. The van der Waals surface area contributed by atoms with Crippen molar-refractivity contribution in [1.29, 1.82) is 0 Å². The average molecular weight is 566 g/mol. The molecule has 0 amide bonds. The van der Waals surface area contributed by atoms with Gasteiger partial charge in [-0.15, -0.1) is 0 Å². The molecule has 1 aromatic carbocycles. The first-order chi connectivity index (χ1) is 18.7. The van der Waals surface area contributed by atoms with Gasteiger partial charge in [0.25, 0.3) is 7.48 Å². The van der Waals surface area contributed by atoms with Crippen LogP contribution in [0.1, 0.15) is 130 Å². The van der Waals surface area contributed by atoms with Gasteiger partial charge >= 0.3 is 0 Å². The maximum atomic E-state index is 6.18. The quantitative estimate of drug-likeness (QED) is 0.150. The molecule has 1 aromatic rings. The lowest BCUT2D eigenvalue weighted by molar-refractivity contribution is 0.0693. The Kier molecular flexibility index (Phi) is 10.2. The second kappa shape index (κ2) is 12.8. The normalized spacial score (nSPS) is 22.4. The van der Waals surface area contributed by atoms with Crippen LogP contribution in [0.15, 0.2) is 35.5 Å². The fourth-order valence-corrected chi connectivity index (χ4v) is 7.09. The summed E-state index contributed by atoms with van der Waals surface area (Å²) < 4.78 is 6.00. The zero-order valence-electron chi connectivity index (χ0n) is 27.0. The van der Waals surface area contributed by atoms with Gasteiger partial charge in [-0.2, -0.15) is 12.6 Å². The lowest BCUT2D eigenvalue weighted by atomic mass is 9.64. The van der Waals surface area contributed by atoms with Crippen LogP contribution in [0.4, 0.5) is 0 Å². The Morgan fingerprint density at radius 2 is 1.62 bits per heavy atom. The number of fused-ring (bicyclic) bond motifs is 1. The first-order valence-corrected chi connectivity index (χ1v) is 16.7. The number of rotatable bonds is 12. The Labute approximate surface area is 253 Å². The third-order valence-corrected chi connectivity index (χ3v) is 11.0. The van der Waals surface area contributed by atoms with Gasteiger partial charge in [0.05, 0.1) is 5.60 Å². The maximum absolute atomic E-state index is 6.18. The van der Waals surface area contributed by atoms with E-state index in [4.69, 9.17) is 17.3 Å². The van der Waals surface area contributed by atoms with Crippen molar-refractivity contribution in [2.24, 2.45) is 11.3 Å². The molecule has 0 bridgehead atoms. The van der Waals surface area contributed by atoms with Crippen molar-refractivity contribution in [1.82, 2.24) is 10.2 Å². The number of nitrogens with zero attached hydrogens (tertiary/aromatic N) is 1. The second-order valence-corrected chi connectivity index (χ2v) is 16.4. The number of unbranched alkanes of at least 4 members (excludes halogenated alkanes) is 1. The molecular formula is C35H58BN2OS. The van der Waals surface area contributed by atoms with Gasteiger partial charge in [0.1, 0.15) is 0 Å². The van der Waals surface area contributed by atoms with Crippen LogP contribution >= 0.6 is 12.6 Å². The minimum Gasteiger partial charge on any atom is -0.434 e. The summed E-state index contributed by atoms with van der Waals surface area (Å²) in [4.78, 5) is 2.81. The zero-order valence-corrected chi connectivity index (χ0v) is 27.9. The van der Waals surface area contributed by atoms with Gasteiger partial charge in [-0.1, -0.05) is 55.9 Å². The van der Waals surface area contributed by atoms with Crippen LogP contribution in [-0.2, 0) is 11.1 Å². The van der Waals surface area contributed by atoms with Gasteiger partial charge in [0.2, 0.25) is 0 Å². The van der Waals surface area contributed by atoms with E-state index in [1.54, 1.807) is 22.4 Å². The molecule has 3 nitrogen and oxygen atoms in total. The summed E-state index contributed by atoms with van der Waals surface area (Å²) in [5.41, 5.74) is 6.49. The highest BCUT2D eigenvalue weighted by molar-refractivity contribution is 7.81. The van der Waals surface area contributed by atoms with Gasteiger partial charge < -0.3 is 9.97 Å². The Morgan fingerprint density at radius 3 is 2.23 bits per heavy atom. The summed E-state index contributed by atoms with van der Waals surface area (Å²) in [5, 5.41) is 4.09. The van der Waals surface area contributed by atoms with Gasteiger partial charge in [0.15, 0.2) is 0 Å². The number of likely N-dealkylation sites (tertiary alicyclic amines) is 1. The largest absolute Gasteiger partial charge is 0.434 e.